The number of hydrogen-bond acceptors (Lipinski definition) is 3. The molecule has 1 heterocycles. The summed E-state index contributed by atoms with van der Waals surface area (Å²) in [6.45, 7) is 3.73. The van der Waals surface area contributed by atoms with Gasteiger partial charge in [-0.2, -0.15) is 0 Å². The predicted octanol–water partition coefficient (Wildman–Crippen LogP) is 3.21. The maximum absolute atomic E-state index is 13.6. The van der Waals surface area contributed by atoms with E-state index in [-0.39, 0.29) is 11.9 Å². The van der Waals surface area contributed by atoms with Crippen molar-refractivity contribution < 1.29 is 4.39 Å². The van der Waals surface area contributed by atoms with Crippen molar-refractivity contribution in [1.82, 2.24) is 10.3 Å². The van der Waals surface area contributed by atoms with E-state index < -0.39 is 0 Å². The van der Waals surface area contributed by atoms with Gasteiger partial charge in [0.25, 0.3) is 0 Å². The van der Waals surface area contributed by atoms with Gasteiger partial charge in [-0.15, -0.1) is 11.3 Å². The van der Waals surface area contributed by atoms with Gasteiger partial charge in [0.2, 0.25) is 0 Å². The SMILES string of the molecule is CNC(c1ccc(C)c(F)c1)c1nc(C)cs1. The average Bonchev–Trinajstić information content (AvgIpc) is 2.71. The van der Waals surface area contributed by atoms with Gasteiger partial charge in [-0.05, 0) is 38.1 Å². The zero-order valence-corrected chi connectivity index (χ0v) is 10.9. The summed E-state index contributed by atoms with van der Waals surface area (Å²) in [5, 5.41) is 6.15. The van der Waals surface area contributed by atoms with Gasteiger partial charge in [0.15, 0.2) is 0 Å². The molecule has 1 aromatic heterocycles. The first kappa shape index (κ1) is 12.2. The van der Waals surface area contributed by atoms with E-state index in [1.165, 1.54) is 0 Å². The summed E-state index contributed by atoms with van der Waals surface area (Å²) in [7, 11) is 1.86. The molecule has 0 aliphatic rings. The van der Waals surface area contributed by atoms with Crippen molar-refractivity contribution >= 4 is 11.3 Å². The van der Waals surface area contributed by atoms with Crippen LogP contribution in [0.5, 0.6) is 0 Å². The summed E-state index contributed by atoms with van der Waals surface area (Å²) in [4.78, 5) is 4.44. The first-order chi connectivity index (χ1) is 8.11. The van der Waals surface area contributed by atoms with Crippen molar-refractivity contribution in [3.05, 3.63) is 51.2 Å². The van der Waals surface area contributed by atoms with Crippen molar-refractivity contribution in [2.75, 3.05) is 7.05 Å². The second-order valence-corrected chi connectivity index (χ2v) is 4.95. The predicted molar refractivity (Wildman–Crippen MR) is 68.9 cm³/mol. The third kappa shape index (κ3) is 2.53. The topological polar surface area (TPSA) is 24.9 Å². The van der Waals surface area contributed by atoms with Gasteiger partial charge in [0.05, 0.1) is 6.04 Å². The van der Waals surface area contributed by atoms with Crippen LogP contribution in [-0.2, 0) is 0 Å². The number of halogens is 1. The molecule has 1 unspecified atom stereocenters. The molecule has 1 atom stereocenters. The molecule has 0 aliphatic carbocycles. The van der Waals surface area contributed by atoms with Gasteiger partial charge in [-0.3, -0.25) is 0 Å². The minimum Gasteiger partial charge on any atom is -0.307 e. The molecule has 1 aromatic carbocycles. The Morgan fingerprint density at radius 2 is 2.12 bits per heavy atom. The molecular weight excluding hydrogens is 235 g/mol. The highest BCUT2D eigenvalue weighted by molar-refractivity contribution is 7.09. The van der Waals surface area contributed by atoms with Gasteiger partial charge in [-0.1, -0.05) is 12.1 Å². The summed E-state index contributed by atoms with van der Waals surface area (Å²) in [6.07, 6.45) is 0. The van der Waals surface area contributed by atoms with E-state index in [9.17, 15) is 4.39 Å². The maximum Gasteiger partial charge on any atom is 0.126 e. The van der Waals surface area contributed by atoms with E-state index in [0.717, 1.165) is 16.3 Å². The zero-order valence-electron chi connectivity index (χ0n) is 10.1. The molecule has 0 fully saturated rings. The lowest BCUT2D eigenvalue weighted by atomic mass is 10.1. The molecule has 0 spiro atoms. The van der Waals surface area contributed by atoms with Crippen LogP contribution in [0.25, 0.3) is 0 Å². The Bertz CT molecular complexity index is 522. The normalized spacial score (nSPS) is 12.7. The highest BCUT2D eigenvalue weighted by atomic mass is 32.1. The van der Waals surface area contributed by atoms with Gasteiger partial charge < -0.3 is 5.32 Å². The Hall–Kier alpha value is -1.26. The first-order valence-electron chi connectivity index (χ1n) is 5.47. The van der Waals surface area contributed by atoms with Crippen molar-refractivity contribution in [3.8, 4) is 0 Å². The minimum absolute atomic E-state index is 0.0381. The smallest absolute Gasteiger partial charge is 0.126 e. The summed E-state index contributed by atoms with van der Waals surface area (Å²) in [6, 6.07) is 5.28. The lowest BCUT2D eigenvalue weighted by Crippen LogP contribution is -2.17. The maximum atomic E-state index is 13.6. The molecule has 2 aromatic rings. The molecule has 4 heteroatoms. The molecule has 1 N–H and O–H groups in total. The lowest BCUT2D eigenvalue weighted by Gasteiger charge is -2.14. The van der Waals surface area contributed by atoms with Crippen LogP contribution in [0.2, 0.25) is 0 Å². The largest absolute Gasteiger partial charge is 0.307 e. The average molecular weight is 250 g/mol. The number of aromatic nitrogens is 1. The molecule has 0 saturated carbocycles. The second-order valence-electron chi connectivity index (χ2n) is 4.06. The third-order valence-corrected chi connectivity index (χ3v) is 3.73. The van der Waals surface area contributed by atoms with Gasteiger partial charge in [-0.25, -0.2) is 9.37 Å². The molecule has 2 rings (SSSR count). The van der Waals surface area contributed by atoms with Crippen LogP contribution in [0.15, 0.2) is 23.6 Å². The molecule has 0 aliphatic heterocycles. The number of aryl methyl sites for hydroxylation is 2. The first-order valence-corrected chi connectivity index (χ1v) is 6.35. The quantitative estimate of drug-likeness (QED) is 0.904. The Morgan fingerprint density at radius 3 is 2.65 bits per heavy atom. The third-order valence-electron chi connectivity index (χ3n) is 2.70. The van der Waals surface area contributed by atoms with E-state index in [1.54, 1.807) is 30.4 Å². The van der Waals surface area contributed by atoms with Crippen molar-refractivity contribution in [2.45, 2.75) is 19.9 Å². The number of rotatable bonds is 3. The summed E-state index contributed by atoms with van der Waals surface area (Å²) in [5.74, 6) is -0.170. The number of benzene rings is 1. The molecule has 0 amide bonds. The van der Waals surface area contributed by atoms with E-state index in [1.807, 2.05) is 25.4 Å². The van der Waals surface area contributed by atoms with Crippen LogP contribution in [0.4, 0.5) is 4.39 Å². The van der Waals surface area contributed by atoms with Crippen molar-refractivity contribution in [1.29, 1.82) is 0 Å². The van der Waals surface area contributed by atoms with Crippen LogP contribution >= 0.6 is 11.3 Å². The Kier molecular flexibility index (Phi) is 3.54. The highest BCUT2D eigenvalue weighted by Crippen LogP contribution is 2.25. The summed E-state index contributed by atoms with van der Waals surface area (Å²) >= 11 is 1.59. The van der Waals surface area contributed by atoms with Crippen LogP contribution in [-0.4, -0.2) is 12.0 Å². The second kappa shape index (κ2) is 4.94. The monoisotopic (exact) mass is 250 g/mol. The Labute approximate surface area is 105 Å². The zero-order chi connectivity index (χ0) is 12.4. The summed E-state index contributed by atoms with van der Waals surface area (Å²) < 4.78 is 13.6. The molecular formula is C13H15FN2S. The van der Waals surface area contributed by atoms with Crippen molar-refractivity contribution in [2.24, 2.45) is 0 Å². The van der Waals surface area contributed by atoms with Crippen LogP contribution in [0, 0.1) is 19.7 Å². The molecule has 17 heavy (non-hydrogen) atoms. The fourth-order valence-electron chi connectivity index (χ4n) is 1.73. The van der Waals surface area contributed by atoms with E-state index in [4.69, 9.17) is 0 Å². The molecule has 0 saturated heterocycles. The van der Waals surface area contributed by atoms with E-state index >= 15 is 0 Å². The van der Waals surface area contributed by atoms with Gasteiger partial charge >= 0.3 is 0 Å². The lowest BCUT2D eigenvalue weighted by molar-refractivity contribution is 0.607. The molecule has 90 valence electrons. The van der Waals surface area contributed by atoms with E-state index in [2.05, 4.69) is 10.3 Å². The van der Waals surface area contributed by atoms with Crippen LogP contribution < -0.4 is 5.32 Å². The molecule has 0 bridgehead atoms. The van der Waals surface area contributed by atoms with Crippen molar-refractivity contribution in [3.63, 3.8) is 0 Å². The summed E-state index contributed by atoms with van der Waals surface area (Å²) in [5.41, 5.74) is 2.57. The van der Waals surface area contributed by atoms with Gasteiger partial charge in [0.1, 0.15) is 10.8 Å². The number of thiazole rings is 1. The molecule has 0 radical (unpaired) electrons. The van der Waals surface area contributed by atoms with E-state index in [0.29, 0.717) is 5.56 Å². The Morgan fingerprint density at radius 1 is 1.35 bits per heavy atom. The number of hydrogen-bond donors (Lipinski definition) is 1. The minimum atomic E-state index is -0.170. The van der Waals surface area contributed by atoms with Crippen LogP contribution in [0.1, 0.15) is 27.9 Å². The Balaban J connectivity index is 2.38. The van der Waals surface area contributed by atoms with Gasteiger partial charge in [0, 0.05) is 11.1 Å². The molecule has 2 nitrogen and oxygen atoms in total. The fraction of sp³-hybridized carbons (Fsp3) is 0.308. The standard InChI is InChI=1S/C13H15FN2S/c1-8-4-5-10(6-11(8)14)12(15-3)13-16-9(2)7-17-13/h4-7,12,15H,1-3H3. The number of nitrogens with one attached hydrogen (secondary N) is 1. The number of nitrogens with zero attached hydrogens (tertiary/aromatic N) is 1. The van der Waals surface area contributed by atoms with Crippen LogP contribution in [0.3, 0.4) is 0 Å². The highest BCUT2D eigenvalue weighted by Gasteiger charge is 2.16. The fourth-order valence-corrected chi connectivity index (χ4v) is 2.66.